The molecule has 0 aliphatic carbocycles. The number of methoxy groups -OCH3 is 3. The fourth-order valence-corrected chi connectivity index (χ4v) is 3.98. The van der Waals surface area contributed by atoms with Crippen molar-refractivity contribution in [3.05, 3.63) is 71.4 Å². The molecule has 2 aromatic heterocycles. The van der Waals surface area contributed by atoms with E-state index >= 15 is 0 Å². The number of anilines is 1. The second-order valence-electron chi connectivity index (χ2n) is 7.94. The van der Waals surface area contributed by atoms with Crippen LogP contribution in [-0.2, 0) is 22.6 Å². The summed E-state index contributed by atoms with van der Waals surface area (Å²) in [4.78, 5) is 31.0. The standard InChI is InChI=1S/C26H28N4O5/c1-33-13-7-12-29-17-27-24-20(18-8-5-4-6-9-18)15-30(25(24)26(29)32)16-23(31)28-19-10-11-21(34-2)22(14-19)35-3/h4-6,8-11,14-15,17H,7,12-13,16H2,1-3H3,(H,28,31). The van der Waals surface area contributed by atoms with E-state index in [0.717, 1.165) is 11.1 Å². The van der Waals surface area contributed by atoms with Crippen LogP contribution in [0.4, 0.5) is 5.69 Å². The van der Waals surface area contributed by atoms with Crippen LogP contribution in [0.2, 0.25) is 0 Å². The predicted molar refractivity (Wildman–Crippen MR) is 134 cm³/mol. The molecule has 35 heavy (non-hydrogen) atoms. The van der Waals surface area contributed by atoms with Gasteiger partial charge in [-0.1, -0.05) is 30.3 Å². The monoisotopic (exact) mass is 476 g/mol. The zero-order chi connectivity index (χ0) is 24.8. The summed E-state index contributed by atoms with van der Waals surface area (Å²) in [5, 5.41) is 2.87. The molecule has 182 valence electrons. The molecule has 1 amide bonds. The van der Waals surface area contributed by atoms with Gasteiger partial charge < -0.3 is 24.1 Å². The Hall–Kier alpha value is -4.11. The van der Waals surface area contributed by atoms with Crippen molar-refractivity contribution >= 4 is 22.6 Å². The van der Waals surface area contributed by atoms with E-state index in [2.05, 4.69) is 10.3 Å². The minimum Gasteiger partial charge on any atom is -0.493 e. The molecule has 1 N–H and O–H groups in total. The van der Waals surface area contributed by atoms with E-state index in [9.17, 15) is 9.59 Å². The maximum atomic E-state index is 13.4. The molecule has 4 aromatic rings. The SMILES string of the molecule is COCCCn1cnc2c(-c3ccccc3)cn(CC(=O)Nc3ccc(OC)c(OC)c3)c2c1=O. The molecule has 0 saturated heterocycles. The van der Waals surface area contributed by atoms with Gasteiger partial charge in [0.25, 0.3) is 5.56 Å². The van der Waals surface area contributed by atoms with Crippen LogP contribution in [-0.4, -0.2) is 48.0 Å². The fraction of sp³-hybridized carbons (Fsp3) is 0.269. The van der Waals surface area contributed by atoms with E-state index in [1.807, 2.05) is 36.5 Å². The van der Waals surface area contributed by atoms with Crippen LogP contribution in [0.5, 0.6) is 11.5 Å². The Morgan fingerprint density at radius 3 is 2.49 bits per heavy atom. The van der Waals surface area contributed by atoms with Gasteiger partial charge in [-0.3, -0.25) is 14.2 Å². The van der Waals surface area contributed by atoms with E-state index in [1.165, 1.54) is 7.11 Å². The van der Waals surface area contributed by atoms with Gasteiger partial charge in [-0.05, 0) is 24.1 Å². The van der Waals surface area contributed by atoms with Gasteiger partial charge in [0, 0.05) is 43.8 Å². The lowest BCUT2D eigenvalue weighted by molar-refractivity contribution is -0.116. The molecule has 0 aliphatic heterocycles. The summed E-state index contributed by atoms with van der Waals surface area (Å²) < 4.78 is 18.9. The number of hydrogen-bond donors (Lipinski definition) is 1. The highest BCUT2D eigenvalue weighted by atomic mass is 16.5. The zero-order valence-electron chi connectivity index (χ0n) is 20.0. The molecule has 0 fully saturated rings. The number of hydrogen-bond acceptors (Lipinski definition) is 6. The van der Waals surface area contributed by atoms with Crippen LogP contribution in [0.1, 0.15) is 6.42 Å². The molecular formula is C26H28N4O5. The molecule has 0 bridgehead atoms. The average molecular weight is 477 g/mol. The van der Waals surface area contributed by atoms with Crippen molar-refractivity contribution in [3.63, 3.8) is 0 Å². The molecule has 2 heterocycles. The minimum atomic E-state index is -0.289. The Kier molecular flexibility index (Phi) is 7.47. The maximum absolute atomic E-state index is 13.4. The molecule has 4 rings (SSSR count). The number of aryl methyl sites for hydroxylation is 1. The highest BCUT2D eigenvalue weighted by Gasteiger charge is 2.18. The van der Waals surface area contributed by atoms with Gasteiger partial charge in [0.1, 0.15) is 17.6 Å². The first-order chi connectivity index (χ1) is 17.0. The molecule has 0 saturated carbocycles. The minimum absolute atomic E-state index is 0.0588. The van der Waals surface area contributed by atoms with Crippen molar-refractivity contribution < 1.29 is 19.0 Å². The number of rotatable bonds is 10. The summed E-state index contributed by atoms with van der Waals surface area (Å²) in [6.45, 7) is 0.949. The van der Waals surface area contributed by atoms with Crippen molar-refractivity contribution in [1.82, 2.24) is 14.1 Å². The van der Waals surface area contributed by atoms with Gasteiger partial charge in [0.15, 0.2) is 11.5 Å². The van der Waals surface area contributed by atoms with Crippen molar-refractivity contribution in [1.29, 1.82) is 0 Å². The van der Waals surface area contributed by atoms with Crippen molar-refractivity contribution in [2.24, 2.45) is 0 Å². The first kappa shape index (κ1) is 24.0. The molecule has 0 spiro atoms. The highest BCUT2D eigenvalue weighted by Crippen LogP contribution is 2.30. The quantitative estimate of drug-likeness (QED) is 0.352. The number of benzene rings is 2. The maximum Gasteiger partial charge on any atom is 0.277 e. The zero-order valence-corrected chi connectivity index (χ0v) is 20.0. The van der Waals surface area contributed by atoms with E-state index in [1.54, 1.807) is 47.9 Å². The summed E-state index contributed by atoms with van der Waals surface area (Å²) in [5.74, 6) is 0.781. The van der Waals surface area contributed by atoms with Crippen LogP contribution >= 0.6 is 0 Å². The number of amides is 1. The fourth-order valence-electron chi connectivity index (χ4n) is 3.98. The second-order valence-corrected chi connectivity index (χ2v) is 7.94. The molecule has 9 nitrogen and oxygen atoms in total. The van der Waals surface area contributed by atoms with Gasteiger partial charge in [-0.25, -0.2) is 4.98 Å². The van der Waals surface area contributed by atoms with E-state index in [-0.39, 0.29) is 18.0 Å². The summed E-state index contributed by atoms with van der Waals surface area (Å²) in [5.41, 5.74) is 3.00. The van der Waals surface area contributed by atoms with Gasteiger partial charge in [0.05, 0.1) is 20.5 Å². The third kappa shape index (κ3) is 5.20. The van der Waals surface area contributed by atoms with Gasteiger partial charge >= 0.3 is 0 Å². The molecular weight excluding hydrogens is 448 g/mol. The number of fused-ring (bicyclic) bond motifs is 1. The number of carbonyl (C=O) groups is 1. The molecule has 0 unspecified atom stereocenters. The van der Waals surface area contributed by atoms with Crippen LogP contribution in [0.15, 0.2) is 65.8 Å². The first-order valence-corrected chi connectivity index (χ1v) is 11.2. The van der Waals surface area contributed by atoms with Crippen LogP contribution in [0.25, 0.3) is 22.2 Å². The lowest BCUT2D eigenvalue weighted by Gasteiger charge is -2.11. The molecule has 2 aromatic carbocycles. The van der Waals surface area contributed by atoms with Crippen molar-refractivity contribution in [2.75, 3.05) is 33.3 Å². The van der Waals surface area contributed by atoms with Crippen molar-refractivity contribution in [2.45, 2.75) is 19.5 Å². The Morgan fingerprint density at radius 1 is 1.00 bits per heavy atom. The van der Waals surface area contributed by atoms with Crippen molar-refractivity contribution in [3.8, 4) is 22.6 Å². The van der Waals surface area contributed by atoms with E-state index < -0.39 is 0 Å². The smallest absolute Gasteiger partial charge is 0.277 e. The number of carbonyl (C=O) groups excluding carboxylic acids is 1. The summed E-state index contributed by atoms with van der Waals surface area (Å²) in [6.07, 6.45) is 4.04. The predicted octanol–water partition coefficient (Wildman–Crippen LogP) is 3.56. The lowest BCUT2D eigenvalue weighted by atomic mass is 10.1. The van der Waals surface area contributed by atoms with Crippen LogP contribution < -0.4 is 20.3 Å². The highest BCUT2D eigenvalue weighted by molar-refractivity contribution is 5.95. The van der Waals surface area contributed by atoms with Gasteiger partial charge in [-0.2, -0.15) is 0 Å². The number of ether oxygens (including phenoxy) is 3. The molecule has 0 aliphatic rings. The lowest BCUT2D eigenvalue weighted by Crippen LogP contribution is -2.25. The molecule has 9 heteroatoms. The molecule has 0 radical (unpaired) electrons. The Balaban J connectivity index is 1.69. The Labute approximate surface area is 202 Å². The van der Waals surface area contributed by atoms with E-state index in [4.69, 9.17) is 14.2 Å². The van der Waals surface area contributed by atoms with Gasteiger partial charge in [0.2, 0.25) is 5.91 Å². The Morgan fingerprint density at radius 2 is 1.77 bits per heavy atom. The average Bonchev–Trinajstić information content (AvgIpc) is 3.24. The summed E-state index contributed by atoms with van der Waals surface area (Å²) in [6, 6.07) is 14.8. The normalized spacial score (nSPS) is 10.9. The van der Waals surface area contributed by atoms with Gasteiger partial charge in [-0.15, -0.1) is 0 Å². The number of nitrogens with zero attached hydrogens (tertiary/aromatic N) is 3. The van der Waals surface area contributed by atoms with Crippen LogP contribution in [0.3, 0.4) is 0 Å². The largest absolute Gasteiger partial charge is 0.493 e. The summed E-state index contributed by atoms with van der Waals surface area (Å²) >= 11 is 0. The third-order valence-corrected chi connectivity index (χ3v) is 5.65. The van der Waals surface area contributed by atoms with E-state index in [0.29, 0.717) is 47.8 Å². The number of nitrogens with one attached hydrogen (secondary N) is 1. The number of aromatic nitrogens is 3. The molecule has 0 atom stereocenters. The Bertz CT molecular complexity index is 1380. The topological polar surface area (TPSA) is 96.6 Å². The third-order valence-electron chi connectivity index (χ3n) is 5.65. The first-order valence-electron chi connectivity index (χ1n) is 11.2. The summed E-state index contributed by atoms with van der Waals surface area (Å²) in [7, 11) is 4.71. The van der Waals surface area contributed by atoms with Crippen LogP contribution in [0, 0.1) is 0 Å². The second kappa shape index (κ2) is 10.9.